The highest BCUT2D eigenvalue weighted by Gasteiger charge is 2.30. The summed E-state index contributed by atoms with van der Waals surface area (Å²) in [5.41, 5.74) is 2.11. The van der Waals surface area contributed by atoms with Crippen molar-refractivity contribution in [1.29, 1.82) is 5.26 Å². The molecule has 6 nitrogen and oxygen atoms in total. The smallest absolute Gasteiger partial charge is 0.263 e. The summed E-state index contributed by atoms with van der Waals surface area (Å²) in [5.74, 6) is -0.223. The number of hydrogen-bond donors (Lipinski definition) is 1. The van der Waals surface area contributed by atoms with E-state index in [0.29, 0.717) is 21.9 Å². The molecular formula is C25H30N4O2S2. The molecule has 2 heterocycles. The topological polar surface area (TPSA) is 87.8 Å². The van der Waals surface area contributed by atoms with Crippen LogP contribution in [0.3, 0.4) is 0 Å². The molecule has 3 rings (SSSR count). The van der Waals surface area contributed by atoms with Crippen molar-refractivity contribution in [3.8, 4) is 6.07 Å². The van der Waals surface area contributed by atoms with Gasteiger partial charge in [0.15, 0.2) is 5.16 Å². The van der Waals surface area contributed by atoms with E-state index < -0.39 is 5.54 Å². The fourth-order valence-corrected chi connectivity index (χ4v) is 5.42. The molecule has 2 aromatic heterocycles. The normalized spacial score (nSPS) is 13.2. The van der Waals surface area contributed by atoms with Crippen molar-refractivity contribution in [3.63, 3.8) is 0 Å². The van der Waals surface area contributed by atoms with Gasteiger partial charge in [-0.3, -0.25) is 14.2 Å². The lowest BCUT2D eigenvalue weighted by molar-refractivity contribution is -0.120. The van der Waals surface area contributed by atoms with E-state index in [1.165, 1.54) is 23.1 Å². The molecule has 8 heteroatoms. The van der Waals surface area contributed by atoms with Gasteiger partial charge in [-0.25, -0.2) is 4.98 Å². The highest BCUT2D eigenvalue weighted by Crippen LogP contribution is 2.30. The number of thiophene rings is 1. The quantitative estimate of drug-likeness (QED) is 0.367. The van der Waals surface area contributed by atoms with E-state index in [2.05, 4.69) is 18.3 Å². The molecule has 3 aromatic rings. The van der Waals surface area contributed by atoms with Gasteiger partial charge >= 0.3 is 0 Å². The number of aryl methyl sites for hydroxylation is 3. The third-order valence-electron chi connectivity index (χ3n) is 6.01. The molecule has 0 saturated carbocycles. The van der Waals surface area contributed by atoms with Crippen molar-refractivity contribution in [1.82, 2.24) is 14.9 Å². The van der Waals surface area contributed by atoms with Crippen LogP contribution in [-0.4, -0.2) is 26.8 Å². The Kier molecular flexibility index (Phi) is 7.65. The summed E-state index contributed by atoms with van der Waals surface area (Å²) in [6.07, 6.45) is 0.844. The molecule has 1 aromatic carbocycles. The van der Waals surface area contributed by atoms with Gasteiger partial charge in [0.25, 0.3) is 5.56 Å². The number of amides is 1. The SMILES string of the molecule is CCc1sc2nc(SCC(=O)N[C@@](C)(C#N)C(C)C)n(Cc3ccc(C)cc3)c(=O)c2c1C. The summed E-state index contributed by atoms with van der Waals surface area (Å²) < 4.78 is 1.66. The zero-order chi connectivity index (χ0) is 24.3. The summed E-state index contributed by atoms with van der Waals surface area (Å²) in [5, 5.41) is 13.5. The summed E-state index contributed by atoms with van der Waals surface area (Å²) >= 11 is 2.77. The molecule has 0 aliphatic rings. The average molecular weight is 483 g/mol. The predicted molar refractivity (Wildman–Crippen MR) is 136 cm³/mol. The van der Waals surface area contributed by atoms with Gasteiger partial charge in [-0.2, -0.15) is 5.26 Å². The number of nitrogens with one attached hydrogen (secondary N) is 1. The molecule has 0 aliphatic carbocycles. The lowest BCUT2D eigenvalue weighted by Gasteiger charge is -2.27. The molecule has 1 amide bonds. The van der Waals surface area contributed by atoms with Gasteiger partial charge in [0.2, 0.25) is 5.91 Å². The summed E-state index contributed by atoms with van der Waals surface area (Å²) in [6.45, 7) is 12.0. The first-order valence-electron chi connectivity index (χ1n) is 11.0. The number of fused-ring (bicyclic) bond motifs is 1. The molecule has 0 aliphatic heterocycles. The first kappa shape index (κ1) is 25.0. The van der Waals surface area contributed by atoms with E-state index in [-0.39, 0.29) is 23.1 Å². The minimum Gasteiger partial charge on any atom is -0.337 e. The number of benzene rings is 1. The second-order valence-corrected chi connectivity index (χ2v) is 10.8. The Balaban J connectivity index is 1.98. The van der Waals surface area contributed by atoms with Crippen molar-refractivity contribution in [2.75, 3.05) is 5.75 Å². The van der Waals surface area contributed by atoms with E-state index >= 15 is 0 Å². The number of rotatable bonds is 8. The van der Waals surface area contributed by atoms with Crippen molar-refractivity contribution in [2.24, 2.45) is 5.92 Å². The largest absolute Gasteiger partial charge is 0.337 e. The van der Waals surface area contributed by atoms with Gasteiger partial charge in [-0.1, -0.05) is 62.4 Å². The minimum absolute atomic E-state index is 0.0350. The Morgan fingerprint density at radius 3 is 2.55 bits per heavy atom. The van der Waals surface area contributed by atoms with Crippen LogP contribution in [0.5, 0.6) is 0 Å². The minimum atomic E-state index is -0.947. The maximum atomic E-state index is 13.6. The van der Waals surface area contributed by atoms with Gasteiger partial charge in [0, 0.05) is 4.88 Å². The number of thioether (sulfide) groups is 1. The first-order chi connectivity index (χ1) is 15.6. The summed E-state index contributed by atoms with van der Waals surface area (Å²) in [6, 6.07) is 10.2. The molecule has 0 unspecified atom stereocenters. The fraction of sp³-hybridized carbons (Fsp3) is 0.440. The summed E-state index contributed by atoms with van der Waals surface area (Å²) in [4.78, 5) is 32.9. The van der Waals surface area contributed by atoms with E-state index in [9.17, 15) is 14.9 Å². The highest BCUT2D eigenvalue weighted by molar-refractivity contribution is 7.99. The molecule has 0 bridgehead atoms. The number of aromatic nitrogens is 2. The van der Waals surface area contributed by atoms with Crippen LogP contribution < -0.4 is 10.9 Å². The molecule has 1 atom stereocenters. The Morgan fingerprint density at radius 1 is 1.30 bits per heavy atom. The van der Waals surface area contributed by atoms with E-state index in [1.54, 1.807) is 11.5 Å². The molecule has 33 heavy (non-hydrogen) atoms. The van der Waals surface area contributed by atoms with Crippen LogP contribution in [0.1, 0.15) is 49.3 Å². The standard InChI is InChI=1S/C25H30N4O2S2/c1-7-19-17(5)21-22(33-19)27-24(32-13-20(30)28-25(6,14-26)15(2)3)29(23(21)31)12-18-10-8-16(4)9-11-18/h8-11,15H,7,12-13H2,1-6H3,(H,28,30)/t25-/m0/s1. The molecular weight excluding hydrogens is 452 g/mol. The number of nitrogens with zero attached hydrogens (tertiary/aromatic N) is 3. The fourth-order valence-electron chi connectivity index (χ4n) is 3.46. The molecule has 0 fully saturated rings. The molecule has 0 spiro atoms. The average Bonchev–Trinajstić information content (AvgIpc) is 3.11. The maximum Gasteiger partial charge on any atom is 0.263 e. The molecule has 0 radical (unpaired) electrons. The zero-order valence-electron chi connectivity index (χ0n) is 20.0. The van der Waals surface area contributed by atoms with E-state index in [0.717, 1.165) is 28.0 Å². The van der Waals surface area contributed by atoms with Crippen molar-refractivity contribution in [3.05, 3.63) is 56.2 Å². The van der Waals surface area contributed by atoms with Crippen LogP contribution >= 0.6 is 23.1 Å². The van der Waals surface area contributed by atoms with Gasteiger partial charge in [0.05, 0.1) is 23.8 Å². The van der Waals surface area contributed by atoms with Gasteiger partial charge in [-0.05, 0) is 44.2 Å². The van der Waals surface area contributed by atoms with Crippen molar-refractivity contribution < 1.29 is 4.79 Å². The maximum absolute atomic E-state index is 13.6. The number of nitriles is 1. The summed E-state index contributed by atoms with van der Waals surface area (Å²) in [7, 11) is 0. The third-order valence-corrected chi connectivity index (χ3v) is 8.32. The van der Waals surface area contributed by atoms with E-state index in [4.69, 9.17) is 4.98 Å². The van der Waals surface area contributed by atoms with Crippen LogP contribution in [0.2, 0.25) is 0 Å². The Labute approximate surface area is 203 Å². The van der Waals surface area contributed by atoms with Crippen LogP contribution in [0.25, 0.3) is 10.2 Å². The monoisotopic (exact) mass is 482 g/mol. The lowest BCUT2D eigenvalue weighted by atomic mass is 9.90. The molecule has 0 saturated heterocycles. The first-order valence-corrected chi connectivity index (χ1v) is 12.8. The third kappa shape index (κ3) is 5.31. The van der Waals surface area contributed by atoms with Crippen molar-refractivity contribution >= 4 is 39.2 Å². The van der Waals surface area contributed by atoms with E-state index in [1.807, 2.05) is 52.0 Å². The highest BCUT2D eigenvalue weighted by atomic mass is 32.2. The van der Waals surface area contributed by atoms with Gasteiger partial charge in [-0.15, -0.1) is 11.3 Å². The van der Waals surface area contributed by atoms with Crippen molar-refractivity contribution in [2.45, 2.75) is 65.2 Å². The molecule has 174 valence electrons. The van der Waals surface area contributed by atoms with Crippen LogP contribution in [0.4, 0.5) is 0 Å². The zero-order valence-corrected chi connectivity index (χ0v) is 21.6. The second kappa shape index (κ2) is 10.1. The number of hydrogen-bond acceptors (Lipinski definition) is 6. The van der Waals surface area contributed by atoms with Crippen LogP contribution in [0, 0.1) is 31.1 Å². The predicted octanol–water partition coefficient (Wildman–Crippen LogP) is 4.83. The molecule has 1 N–H and O–H groups in total. The van der Waals surface area contributed by atoms with Crippen LogP contribution in [-0.2, 0) is 17.8 Å². The lowest BCUT2D eigenvalue weighted by Crippen LogP contribution is -2.49. The van der Waals surface area contributed by atoms with Crippen LogP contribution in [0.15, 0.2) is 34.2 Å². The Hall–Kier alpha value is -2.63. The van der Waals surface area contributed by atoms with Gasteiger partial charge in [0.1, 0.15) is 10.4 Å². The van der Waals surface area contributed by atoms with Gasteiger partial charge < -0.3 is 5.32 Å². The number of carbonyl (C=O) groups excluding carboxylic acids is 1. The number of carbonyl (C=O) groups is 1. The Morgan fingerprint density at radius 2 is 1.97 bits per heavy atom. The Bertz CT molecular complexity index is 1270. The second-order valence-electron chi connectivity index (χ2n) is 8.76.